The van der Waals surface area contributed by atoms with Gasteiger partial charge < -0.3 is 15.2 Å². The van der Waals surface area contributed by atoms with Gasteiger partial charge in [-0.1, -0.05) is 11.8 Å². The maximum atomic E-state index is 12.3. The first-order valence-corrected chi connectivity index (χ1v) is 10.0. The molecular formula is C15H11Br3N2O4S. The van der Waals surface area contributed by atoms with Gasteiger partial charge in [-0.3, -0.25) is 4.79 Å². The molecule has 25 heavy (non-hydrogen) atoms. The summed E-state index contributed by atoms with van der Waals surface area (Å²) in [6.07, 6.45) is 1.49. The van der Waals surface area contributed by atoms with Crippen LogP contribution in [0, 0.1) is 0 Å². The van der Waals surface area contributed by atoms with Gasteiger partial charge in [0.25, 0.3) is 0 Å². The molecule has 1 aromatic carbocycles. The van der Waals surface area contributed by atoms with E-state index in [4.69, 9.17) is 9.84 Å². The Balaban J connectivity index is 2.13. The smallest absolute Gasteiger partial charge is 0.338 e. The Labute approximate surface area is 173 Å². The molecule has 1 amide bonds. The fourth-order valence-corrected chi connectivity index (χ4v) is 5.28. The lowest BCUT2D eigenvalue weighted by Crippen LogP contribution is -2.15. The number of carboxylic acids is 1. The van der Waals surface area contributed by atoms with E-state index in [-0.39, 0.29) is 22.2 Å². The van der Waals surface area contributed by atoms with Gasteiger partial charge in [-0.2, -0.15) is 0 Å². The molecule has 2 aromatic rings. The quantitative estimate of drug-likeness (QED) is 0.498. The Morgan fingerprint density at radius 2 is 2.04 bits per heavy atom. The van der Waals surface area contributed by atoms with E-state index in [1.54, 1.807) is 6.07 Å². The third-order valence-corrected chi connectivity index (χ3v) is 5.91. The number of nitrogens with zero attached hydrogens (tertiary/aromatic N) is 1. The molecule has 0 aliphatic heterocycles. The van der Waals surface area contributed by atoms with Gasteiger partial charge in [0.1, 0.15) is 10.8 Å². The minimum atomic E-state index is -1.08. The van der Waals surface area contributed by atoms with E-state index in [1.807, 2.05) is 0 Å². The van der Waals surface area contributed by atoms with Gasteiger partial charge in [0, 0.05) is 10.7 Å². The molecule has 0 spiro atoms. The van der Waals surface area contributed by atoms with E-state index in [0.29, 0.717) is 20.4 Å². The fraction of sp³-hybridized carbons (Fsp3) is 0.133. The van der Waals surface area contributed by atoms with Crippen LogP contribution in [0.15, 0.2) is 42.8 Å². The number of methoxy groups -OCH3 is 1. The van der Waals surface area contributed by atoms with Crippen molar-refractivity contribution in [3.05, 3.63) is 43.4 Å². The van der Waals surface area contributed by atoms with Crippen LogP contribution in [0.2, 0.25) is 0 Å². The number of halogens is 3. The highest BCUT2D eigenvalue weighted by Gasteiger charge is 2.18. The van der Waals surface area contributed by atoms with Crippen LogP contribution in [0.5, 0.6) is 5.75 Å². The minimum Gasteiger partial charge on any atom is -0.494 e. The highest BCUT2D eigenvalue weighted by Crippen LogP contribution is 2.43. The number of ether oxygens (including phenoxy) is 1. The summed E-state index contributed by atoms with van der Waals surface area (Å²) in [7, 11) is 1.52. The summed E-state index contributed by atoms with van der Waals surface area (Å²) >= 11 is 11.2. The number of anilines is 1. The SMILES string of the molecule is COc1c(Br)cc(Br)c(NC(=O)CSc2ncccc2C(=O)O)c1Br. The molecule has 0 unspecified atom stereocenters. The van der Waals surface area contributed by atoms with Gasteiger partial charge in [-0.05, 0) is 66.0 Å². The average Bonchev–Trinajstić information content (AvgIpc) is 2.57. The Hall–Kier alpha value is -1.10. The summed E-state index contributed by atoms with van der Waals surface area (Å²) in [4.78, 5) is 27.4. The van der Waals surface area contributed by atoms with Crippen LogP contribution in [-0.4, -0.2) is 34.8 Å². The monoisotopic (exact) mass is 552 g/mol. The van der Waals surface area contributed by atoms with Crippen LogP contribution in [0.4, 0.5) is 5.69 Å². The third-order valence-electron chi connectivity index (χ3n) is 2.94. The van der Waals surface area contributed by atoms with E-state index < -0.39 is 5.97 Å². The first-order valence-electron chi connectivity index (χ1n) is 6.67. The minimum absolute atomic E-state index is 0.00848. The zero-order chi connectivity index (χ0) is 18.6. The summed E-state index contributed by atoms with van der Waals surface area (Å²) in [5.74, 6) is -0.838. The largest absolute Gasteiger partial charge is 0.494 e. The predicted octanol–water partition coefficient (Wildman–Crippen LogP) is 4.81. The molecular weight excluding hydrogens is 544 g/mol. The Morgan fingerprint density at radius 1 is 1.32 bits per heavy atom. The first kappa shape index (κ1) is 20.2. The molecule has 6 nitrogen and oxygen atoms in total. The lowest BCUT2D eigenvalue weighted by Gasteiger charge is -2.14. The Bertz CT molecular complexity index is 833. The van der Waals surface area contributed by atoms with Gasteiger partial charge in [-0.25, -0.2) is 9.78 Å². The predicted molar refractivity (Wildman–Crippen MR) is 107 cm³/mol. The molecule has 0 fully saturated rings. The van der Waals surface area contributed by atoms with Crippen molar-refractivity contribution in [3.63, 3.8) is 0 Å². The van der Waals surface area contributed by atoms with Crippen LogP contribution in [-0.2, 0) is 4.79 Å². The molecule has 0 saturated heterocycles. The number of hydrogen-bond donors (Lipinski definition) is 2. The molecule has 0 saturated carbocycles. The maximum absolute atomic E-state index is 12.3. The van der Waals surface area contributed by atoms with Crippen LogP contribution >= 0.6 is 59.6 Å². The number of aromatic nitrogens is 1. The molecule has 132 valence electrons. The summed E-state index contributed by atoms with van der Waals surface area (Å²) in [6, 6.07) is 4.74. The van der Waals surface area contributed by atoms with Crippen molar-refractivity contribution in [2.45, 2.75) is 5.03 Å². The number of carbonyl (C=O) groups is 2. The lowest BCUT2D eigenvalue weighted by molar-refractivity contribution is -0.113. The van der Waals surface area contributed by atoms with Crippen LogP contribution in [0.1, 0.15) is 10.4 Å². The van der Waals surface area contributed by atoms with Crippen molar-refractivity contribution in [1.29, 1.82) is 0 Å². The molecule has 1 aromatic heterocycles. The number of amides is 1. The Kier molecular flexibility index (Phi) is 7.29. The van der Waals surface area contributed by atoms with E-state index in [1.165, 1.54) is 25.4 Å². The number of nitrogens with one attached hydrogen (secondary N) is 1. The van der Waals surface area contributed by atoms with Crippen molar-refractivity contribution in [2.24, 2.45) is 0 Å². The standard InChI is InChI=1S/C15H11Br3N2O4S/c1-24-13-9(17)5-8(16)12(11(13)18)20-10(21)6-25-14-7(15(22)23)3-2-4-19-14/h2-5H,6H2,1H3,(H,20,21)(H,22,23). The topological polar surface area (TPSA) is 88.5 Å². The van der Waals surface area contributed by atoms with Gasteiger partial charge in [-0.15, -0.1) is 0 Å². The lowest BCUT2D eigenvalue weighted by atomic mass is 10.3. The number of pyridine rings is 1. The number of thioether (sulfide) groups is 1. The number of carboxylic acid groups (broad SMARTS) is 1. The molecule has 0 bridgehead atoms. The molecule has 0 atom stereocenters. The van der Waals surface area contributed by atoms with Crippen molar-refractivity contribution < 1.29 is 19.4 Å². The normalized spacial score (nSPS) is 10.4. The highest BCUT2D eigenvalue weighted by molar-refractivity contribution is 9.11. The molecule has 0 aliphatic carbocycles. The van der Waals surface area contributed by atoms with E-state index in [0.717, 1.165) is 16.2 Å². The van der Waals surface area contributed by atoms with E-state index >= 15 is 0 Å². The molecule has 2 rings (SSSR count). The Morgan fingerprint density at radius 3 is 2.68 bits per heavy atom. The van der Waals surface area contributed by atoms with Crippen LogP contribution in [0.3, 0.4) is 0 Å². The van der Waals surface area contributed by atoms with E-state index in [2.05, 4.69) is 58.1 Å². The molecule has 1 heterocycles. The number of rotatable bonds is 6. The first-order chi connectivity index (χ1) is 11.8. The van der Waals surface area contributed by atoms with Crippen molar-refractivity contribution in [2.75, 3.05) is 18.2 Å². The average molecular weight is 555 g/mol. The van der Waals surface area contributed by atoms with E-state index in [9.17, 15) is 9.59 Å². The van der Waals surface area contributed by atoms with Gasteiger partial charge in [0.15, 0.2) is 0 Å². The summed E-state index contributed by atoms with van der Waals surface area (Å²) in [5, 5.41) is 12.2. The van der Waals surface area contributed by atoms with Crippen molar-refractivity contribution >= 4 is 77.1 Å². The number of carbonyl (C=O) groups excluding carboxylic acids is 1. The van der Waals surface area contributed by atoms with Crippen molar-refractivity contribution in [3.8, 4) is 5.75 Å². The van der Waals surface area contributed by atoms with Crippen LogP contribution < -0.4 is 10.1 Å². The maximum Gasteiger partial charge on any atom is 0.338 e. The number of hydrogen-bond acceptors (Lipinski definition) is 5. The number of benzene rings is 1. The van der Waals surface area contributed by atoms with Crippen LogP contribution in [0.25, 0.3) is 0 Å². The zero-order valence-corrected chi connectivity index (χ0v) is 18.3. The zero-order valence-electron chi connectivity index (χ0n) is 12.7. The summed E-state index contributed by atoms with van der Waals surface area (Å²) in [5.41, 5.74) is 0.582. The van der Waals surface area contributed by atoms with Gasteiger partial charge in [0.2, 0.25) is 5.91 Å². The molecule has 10 heteroatoms. The molecule has 2 N–H and O–H groups in total. The summed E-state index contributed by atoms with van der Waals surface area (Å²) < 4.78 is 7.24. The van der Waals surface area contributed by atoms with Crippen molar-refractivity contribution in [1.82, 2.24) is 4.98 Å². The third kappa shape index (κ3) is 4.96. The van der Waals surface area contributed by atoms with Gasteiger partial charge in [0.05, 0.1) is 33.1 Å². The second kappa shape index (κ2) is 9.02. The molecule has 0 aliphatic rings. The molecule has 0 radical (unpaired) electrons. The van der Waals surface area contributed by atoms with Gasteiger partial charge >= 0.3 is 5.97 Å². The second-order valence-electron chi connectivity index (χ2n) is 4.56. The fourth-order valence-electron chi connectivity index (χ4n) is 1.85. The summed E-state index contributed by atoms with van der Waals surface area (Å²) in [6.45, 7) is 0. The number of aromatic carboxylic acids is 1. The second-order valence-corrected chi connectivity index (χ2v) is 8.03. The highest BCUT2D eigenvalue weighted by atomic mass is 79.9.